The molecule has 0 saturated carbocycles. The molecule has 0 amide bonds. The lowest BCUT2D eigenvalue weighted by atomic mass is 10.1. The van der Waals surface area contributed by atoms with E-state index in [-0.39, 0.29) is 0 Å². The van der Waals surface area contributed by atoms with Crippen LogP contribution in [0.5, 0.6) is 5.75 Å². The fraction of sp³-hybridized carbons (Fsp3) is 0.200. The summed E-state index contributed by atoms with van der Waals surface area (Å²) in [6.45, 7) is 1.41. The molecule has 2 heterocycles. The van der Waals surface area contributed by atoms with E-state index < -0.39 is 0 Å². The summed E-state index contributed by atoms with van der Waals surface area (Å²) in [7, 11) is 2.04. The zero-order chi connectivity index (χ0) is 17.2. The molecule has 0 unspecified atom stereocenters. The van der Waals surface area contributed by atoms with Crippen LogP contribution < -0.4 is 4.74 Å². The maximum Gasteiger partial charge on any atom is 0.136 e. The van der Waals surface area contributed by atoms with Crippen LogP contribution in [0.4, 0.5) is 0 Å². The molecular formula is C20H18N2OS2. The van der Waals surface area contributed by atoms with Gasteiger partial charge in [0.1, 0.15) is 16.7 Å². The minimum absolute atomic E-state index is 0.375. The summed E-state index contributed by atoms with van der Waals surface area (Å²) in [4.78, 5) is 6.78. The van der Waals surface area contributed by atoms with Crippen molar-refractivity contribution in [1.29, 1.82) is 0 Å². The first-order valence-electron chi connectivity index (χ1n) is 8.18. The maximum atomic E-state index is 5.98. The van der Waals surface area contributed by atoms with E-state index in [0.29, 0.717) is 11.9 Å². The van der Waals surface area contributed by atoms with Crippen LogP contribution in [-0.4, -0.2) is 27.8 Å². The van der Waals surface area contributed by atoms with Gasteiger partial charge in [-0.2, -0.15) is 0 Å². The number of ether oxygens (including phenoxy) is 1. The molecule has 0 N–H and O–H groups in total. The van der Waals surface area contributed by atoms with E-state index in [0.717, 1.165) is 33.2 Å². The largest absolute Gasteiger partial charge is 0.487 e. The van der Waals surface area contributed by atoms with Crippen LogP contribution in [0.2, 0.25) is 0 Å². The number of hydrogen-bond donors (Lipinski definition) is 0. The van der Waals surface area contributed by atoms with Gasteiger partial charge in [-0.25, -0.2) is 4.98 Å². The minimum atomic E-state index is 0.375. The number of aromatic nitrogens is 1. The summed E-state index contributed by atoms with van der Waals surface area (Å²) in [6.07, 6.45) is 0. The van der Waals surface area contributed by atoms with Gasteiger partial charge in [0.25, 0.3) is 0 Å². The number of hydrogen-bond acceptors (Lipinski definition) is 4. The number of nitrogens with zero attached hydrogens (tertiary/aromatic N) is 2. The van der Waals surface area contributed by atoms with Crippen LogP contribution in [-0.2, 0) is 6.61 Å². The van der Waals surface area contributed by atoms with E-state index in [4.69, 9.17) is 17.0 Å². The van der Waals surface area contributed by atoms with Crippen molar-refractivity contribution >= 4 is 39.2 Å². The summed E-state index contributed by atoms with van der Waals surface area (Å²) < 4.78 is 6.93. The monoisotopic (exact) mass is 366 g/mol. The van der Waals surface area contributed by atoms with Gasteiger partial charge in [0.2, 0.25) is 0 Å². The summed E-state index contributed by atoms with van der Waals surface area (Å²) in [5.41, 5.74) is 3.18. The minimum Gasteiger partial charge on any atom is -0.487 e. The van der Waals surface area contributed by atoms with E-state index in [2.05, 4.69) is 34.1 Å². The molecule has 4 rings (SSSR count). The molecule has 25 heavy (non-hydrogen) atoms. The number of para-hydroxylation sites is 1. The van der Waals surface area contributed by atoms with E-state index in [1.165, 1.54) is 5.56 Å². The smallest absolute Gasteiger partial charge is 0.136 e. The Morgan fingerprint density at radius 2 is 2.04 bits per heavy atom. The summed E-state index contributed by atoms with van der Waals surface area (Å²) in [5.74, 6) is 0.869. The van der Waals surface area contributed by atoms with Gasteiger partial charge >= 0.3 is 0 Å². The fourth-order valence-corrected chi connectivity index (χ4v) is 4.40. The van der Waals surface area contributed by atoms with Crippen LogP contribution in [0.15, 0.2) is 60.7 Å². The molecule has 3 aromatic rings. The van der Waals surface area contributed by atoms with Gasteiger partial charge in [0.05, 0.1) is 16.5 Å². The van der Waals surface area contributed by atoms with E-state index in [1.54, 1.807) is 11.8 Å². The molecular weight excluding hydrogens is 348 g/mol. The molecule has 5 heteroatoms. The number of benzene rings is 2. The summed E-state index contributed by atoms with van der Waals surface area (Å²) >= 11 is 7.10. The SMILES string of the molecule is CN1C[C@@H](c2cccc(OCc3ccc4ccccc4n3)c2)SC1=S. The molecule has 0 aliphatic carbocycles. The predicted octanol–water partition coefficient (Wildman–Crippen LogP) is 4.82. The van der Waals surface area contributed by atoms with Crippen molar-refractivity contribution in [3.05, 3.63) is 71.9 Å². The lowest BCUT2D eigenvalue weighted by Gasteiger charge is -2.12. The molecule has 1 fully saturated rings. The number of fused-ring (bicyclic) bond motifs is 1. The third-order valence-corrected chi connectivity index (χ3v) is 6.09. The summed E-state index contributed by atoms with van der Waals surface area (Å²) in [5, 5.41) is 1.52. The van der Waals surface area contributed by atoms with Gasteiger partial charge in [0, 0.05) is 19.0 Å². The third-order valence-electron chi connectivity index (χ3n) is 4.27. The second-order valence-electron chi connectivity index (χ2n) is 6.11. The molecule has 1 atom stereocenters. The van der Waals surface area contributed by atoms with Gasteiger partial charge < -0.3 is 9.64 Å². The number of thioether (sulfide) groups is 1. The van der Waals surface area contributed by atoms with Gasteiger partial charge in [0.15, 0.2) is 0 Å². The quantitative estimate of drug-likeness (QED) is 0.617. The fourth-order valence-electron chi connectivity index (χ4n) is 2.90. The average Bonchev–Trinajstić information content (AvgIpc) is 2.99. The molecule has 1 aromatic heterocycles. The van der Waals surface area contributed by atoms with E-state index in [9.17, 15) is 0 Å². The maximum absolute atomic E-state index is 5.98. The molecule has 0 bridgehead atoms. The predicted molar refractivity (Wildman–Crippen MR) is 108 cm³/mol. The van der Waals surface area contributed by atoms with Crippen molar-refractivity contribution in [3.8, 4) is 5.75 Å². The molecule has 1 aliphatic rings. The lowest BCUT2D eigenvalue weighted by Crippen LogP contribution is -2.16. The Bertz CT molecular complexity index is 928. The zero-order valence-electron chi connectivity index (χ0n) is 13.9. The number of rotatable bonds is 4. The number of thiocarbonyl (C=S) groups is 1. The highest BCUT2D eigenvalue weighted by molar-refractivity contribution is 8.23. The van der Waals surface area contributed by atoms with Crippen LogP contribution >= 0.6 is 24.0 Å². The van der Waals surface area contributed by atoms with Crippen molar-refractivity contribution in [2.75, 3.05) is 13.6 Å². The van der Waals surface area contributed by atoms with Crippen molar-refractivity contribution in [2.45, 2.75) is 11.9 Å². The van der Waals surface area contributed by atoms with Crippen molar-refractivity contribution in [1.82, 2.24) is 9.88 Å². The topological polar surface area (TPSA) is 25.4 Å². The van der Waals surface area contributed by atoms with Gasteiger partial charge in [-0.1, -0.05) is 60.4 Å². The molecule has 126 valence electrons. The molecule has 1 aliphatic heterocycles. The average molecular weight is 367 g/mol. The second-order valence-corrected chi connectivity index (χ2v) is 7.95. The van der Waals surface area contributed by atoms with Gasteiger partial charge in [-0.3, -0.25) is 0 Å². The van der Waals surface area contributed by atoms with Crippen LogP contribution in [0.3, 0.4) is 0 Å². The highest BCUT2D eigenvalue weighted by atomic mass is 32.2. The van der Waals surface area contributed by atoms with Gasteiger partial charge in [-0.05, 0) is 29.8 Å². The van der Waals surface area contributed by atoms with E-state index >= 15 is 0 Å². The van der Waals surface area contributed by atoms with Crippen molar-refractivity contribution in [2.24, 2.45) is 0 Å². The molecule has 2 aromatic carbocycles. The van der Waals surface area contributed by atoms with Crippen LogP contribution in [0.25, 0.3) is 10.9 Å². The molecule has 0 spiro atoms. The Morgan fingerprint density at radius 3 is 2.88 bits per heavy atom. The number of likely N-dealkylation sites (N-methyl/N-ethyl adjacent to an activating group) is 1. The first-order valence-corrected chi connectivity index (χ1v) is 9.47. The second kappa shape index (κ2) is 7.02. The Balaban J connectivity index is 1.47. The standard InChI is InChI=1S/C20H18N2OS2/c1-22-12-19(25-20(22)24)15-6-4-7-17(11-15)23-13-16-10-9-14-5-2-3-8-18(14)21-16/h2-11,19H,12-13H2,1H3/t19-/m0/s1. The zero-order valence-corrected chi connectivity index (χ0v) is 15.5. The van der Waals surface area contributed by atoms with Crippen LogP contribution in [0, 0.1) is 0 Å². The molecule has 1 saturated heterocycles. The molecule has 3 nitrogen and oxygen atoms in total. The first kappa shape index (κ1) is 16.4. The van der Waals surface area contributed by atoms with E-state index in [1.807, 2.05) is 43.4 Å². The highest BCUT2D eigenvalue weighted by Gasteiger charge is 2.26. The Hall–Kier alpha value is -2.11. The first-order chi connectivity index (χ1) is 12.2. The van der Waals surface area contributed by atoms with Crippen molar-refractivity contribution < 1.29 is 4.74 Å². The normalized spacial score (nSPS) is 17.2. The lowest BCUT2D eigenvalue weighted by molar-refractivity contribution is 0.301. The summed E-state index contributed by atoms with van der Waals surface area (Å²) in [6, 6.07) is 20.5. The number of pyridine rings is 1. The molecule has 0 radical (unpaired) electrons. The Labute approximate surface area is 157 Å². The van der Waals surface area contributed by atoms with Crippen LogP contribution in [0.1, 0.15) is 16.5 Å². The van der Waals surface area contributed by atoms with Gasteiger partial charge in [-0.15, -0.1) is 0 Å². The third kappa shape index (κ3) is 3.62. The highest BCUT2D eigenvalue weighted by Crippen LogP contribution is 2.38. The van der Waals surface area contributed by atoms with Crippen molar-refractivity contribution in [3.63, 3.8) is 0 Å². The Morgan fingerprint density at radius 1 is 1.16 bits per heavy atom. The Kier molecular flexibility index (Phi) is 4.59.